The Morgan fingerprint density at radius 2 is 2.05 bits per heavy atom. The third-order valence-electron chi connectivity index (χ3n) is 4.05. The van der Waals surface area contributed by atoms with Crippen LogP contribution in [-0.2, 0) is 10.0 Å². The van der Waals surface area contributed by atoms with Crippen LogP contribution in [0.1, 0.15) is 43.5 Å². The highest BCUT2D eigenvalue weighted by molar-refractivity contribution is 7.91. The van der Waals surface area contributed by atoms with Crippen LogP contribution < -0.4 is 10.5 Å². The van der Waals surface area contributed by atoms with Crippen molar-refractivity contribution >= 4 is 27.3 Å². The molecule has 0 aliphatic heterocycles. The molecule has 0 spiro atoms. The van der Waals surface area contributed by atoms with Gasteiger partial charge in [0.1, 0.15) is 4.21 Å². The van der Waals surface area contributed by atoms with Crippen molar-refractivity contribution < 1.29 is 13.2 Å². The van der Waals surface area contributed by atoms with Gasteiger partial charge in [-0.3, -0.25) is 4.79 Å². The van der Waals surface area contributed by atoms with E-state index >= 15 is 0 Å². The van der Waals surface area contributed by atoms with Crippen LogP contribution in [0.2, 0.25) is 0 Å². The van der Waals surface area contributed by atoms with Gasteiger partial charge >= 0.3 is 0 Å². The average Bonchev–Trinajstić information content (AvgIpc) is 2.83. The third-order valence-corrected chi connectivity index (χ3v) is 6.44. The van der Waals surface area contributed by atoms with Gasteiger partial charge in [0, 0.05) is 11.4 Å². The van der Waals surface area contributed by atoms with Crippen LogP contribution in [0.25, 0.3) is 0 Å². The first-order chi connectivity index (χ1) is 9.27. The maximum Gasteiger partial charge on any atom is 0.252 e. The largest absolute Gasteiger partial charge is 0.349 e. The molecule has 7 heteroatoms. The first-order valence-corrected chi connectivity index (χ1v) is 9.12. The number of carbonyl (C=O) groups is 1. The molecular weight excluding hydrogens is 296 g/mol. The summed E-state index contributed by atoms with van der Waals surface area (Å²) in [5.74, 6) is 1.07. The zero-order chi connectivity index (χ0) is 14.9. The molecule has 0 radical (unpaired) electrons. The van der Waals surface area contributed by atoms with E-state index in [9.17, 15) is 13.2 Å². The zero-order valence-electron chi connectivity index (χ0n) is 11.6. The summed E-state index contributed by atoms with van der Waals surface area (Å²) in [5.41, 5.74) is 0.366. The SMILES string of the molecule is CC1CCC(NC(=O)c2csc(S(N)(=O)=O)c2)CC1C. The number of nitrogens with two attached hydrogens (primary N) is 1. The Hall–Kier alpha value is -0.920. The van der Waals surface area contributed by atoms with Crippen molar-refractivity contribution in [1.82, 2.24) is 5.32 Å². The molecule has 3 N–H and O–H groups in total. The molecule has 1 fully saturated rings. The summed E-state index contributed by atoms with van der Waals surface area (Å²) in [6.07, 6.45) is 3.06. The van der Waals surface area contributed by atoms with Crippen molar-refractivity contribution in [3.63, 3.8) is 0 Å². The maximum absolute atomic E-state index is 12.1. The Morgan fingerprint density at radius 1 is 1.35 bits per heavy atom. The molecule has 1 aromatic rings. The molecule has 3 unspecified atom stereocenters. The number of thiophene rings is 1. The van der Waals surface area contributed by atoms with Crippen LogP contribution in [0.5, 0.6) is 0 Å². The lowest BCUT2D eigenvalue weighted by Gasteiger charge is -2.32. The highest BCUT2D eigenvalue weighted by atomic mass is 32.2. The Labute approximate surface area is 123 Å². The lowest BCUT2D eigenvalue weighted by Crippen LogP contribution is -2.39. The van der Waals surface area contributed by atoms with Gasteiger partial charge in [0.25, 0.3) is 5.91 Å². The van der Waals surface area contributed by atoms with E-state index in [-0.39, 0.29) is 16.2 Å². The van der Waals surface area contributed by atoms with Gasteiger partial charge in [0.05, 0.1) is 5.56 Å². The Bertz CT molecular complexity index is 595. The first-order valence-electron chi connectivity index (χ1n) is 6.69. The summed E-state index contributed by atoms with van der Waals surface area (Å²) in [4.78, 5) is 12.1. The molecule has 1 heterocycles. The second-order valence-corrected chi connectivity index (χ2v) is 8.34. The van der Waals surface area contributed by atoms with Crippen molar-refractivity contribution in [2.45, 2.75) is 43.4 Å². The summed E-state index contributed by atoms with van der Waals surface area (Å²) in [6.45, 7) is 4.44. The molecule has 2 rings (SSSR count). The van der Waals surface area contributed by atoms with E-state index in [1.807, 2.05) is 0 Å². The van der Waals surface area contributed by atoms with Crippen molar-refractivity contribution in [2.24, 2.45) is 17.0 Å². The minimum Gasteiger partial charge on any atom is -0.349 e. The molecule has 1 aliphatic carbocycles. The molecule has 0 saturated heterocycles. The highest BCUT2D eigenvalue weighted by Crippen LogP contribution is 2.29. The van der Waals surface area contributed by atoms with E-state index in [0.29, 0.717) is 17.4 Å². The van der Waals surface area contributed by atoms with E-state index in [1.54, 1.807) is 0 Å². The second-order valence-electron chi connectivity index (χ2n) is 5.64. The zero-order valence-corrected chi connectivity index (χ0v) is 13.3. The van der Waals surface area contributed by atoms with Crippen LogP contribution in [0.3, 0.4) is 0 Å². The lowest BCUT2D eigenvalue weighted by atomic mass is 9.79. The number of rotatable bonds is 3. The number of hydrogen-bond donors (Lipinski definition) is 2. The smallest absolute Gasteiger partial charge is 0.252 e. The molecule has 0 bridgehead atoms. The molecule has 1 saturated carbocycles. The number of hydrogen-bond acceptors (Lipinski definition) is 4. The minimum atomic E-state index is -3.73. The predicted molar refractivity (Wildman–Crippen MR) is 79.1 cm³/mol. The first kappa shape index (κ1) is 15.5. The Balaban J connectivity index is 2.00. The molecular formula is C13H20N2O3S2. The standard InChI is InChI=1S/C13H20N2O3S2/c1-8-3-4-11(5-9(8)2)15-13(16)10-6-12(19-7-10)20(14,17)18/h6-9,11H,3-5H2,1-2H3,(H,15,16)(H2,14,17,18). The fourth-order valence-electron chi connectivity index (χ4n) is 2.53. The molecule has 5 nitrogen and oxygen atoms in total. The van der Waals surface area contributed by atoms with Crippen LogP contribution in [-0.4, -0.2) is 20.4 Å². The average molecular weight is 316 g/mol. The Morgan fingerprint density at radius 3 is 2.60 bits per heavy atom. The molecule has 1 amide bonds. The fourth-order valence-corrected chi connectivity index (χ4v) is 4.12. The second kappa shape index (κ2) is 5.83. The molecule has 0 aromatic carbocycles. The predicted octanol–water partition coefficient (Wildman–Crippen LogP) is 1.95. The summed E-state index contributed by atoms with van der Waals surface area (Å²) in [7, 11) is -3.73. The van der Waals surface area contributed by atoms with Crippen molar-refractivity contribution in [3.05, 3.63) is 17.0 Å². The van der Waals surface area contributed by atoms with Crippen LogP contribution in [0, 0.1) is 11.8 Å². The summed E-state index contributed by atoms with van der Waals surface area (Å²) >= 11 is 0.974. The van der Waals surface area contributed by atoms with Crippen LogP contribution >= 0.6 is 11.3 Å². The van der Waals surface area contributed by atoms with Crippen molar-refractivity contribution in [3.8, 4) is 0 Å². The monoisotopic (exact) mass is 316 g/mol. The van der Waals surface area contributed by atoms with Gasteiger partial charge in [-0.1, -0.05) is 13.8 Å². The number of sulfonamides is 1. The van der Waals surface area contributed by atoms with E-state index in [4.69, 9.17) is 5.14 Å². The van der Waals surface area contributed by atoms with E-state index in [1.165, 1.54) is 11.4 Å². The van der Waals surface area contributed by atoms with Gasteiger partial charge in [0.15, 0.2) is 0 Å². The highest BCUT2D eigenvalue weighted by Gasteiger charge is 2.26. The fraction of sp³-hybridized carbons (Fsp3) is 0.615. The molecule has 1 aromatic heterocycles. The number of carbonyl (C=O) groups excluding carboxylic acids is 1. The van der Waals surface area contributed by atoms with Crippen LogP contribution in [0.15, 0.2) is 15.7 Å². The maximum atomic E-state index is 12.1. The lowest BCUT2D eigenvalue weighted by molar-refractivity contribution is 0.0911. The van der Waals surface area contributed by atoms with Gasteiger partial charge in [0.2, 0.25) is 10.0 Å². The van der Waals surface area contributed by atoms with Crippen molar-refractivity contribution in [1.29, 1.82) is 0 Å². The molecule has 20 heavy (non-hydrogen) atoms. The van der Waals surface area contributed by atoms with Gasteiger partial charge < -0.3 is 5.32 Å². The summed E-state index contributed by atoms with van der Waals surface area (Å²) in [5, 5.41) is 9.55. The number of amides is 1. The van der Waals surface area contributed by atoms with Crippen LogP contribution in [0.4, 0.5) is 0 Å². The molecule has 3 atom stereocenters. The normalized spacial score (nSPS) is 27.2. The van der Waals surface area contributed by atoms with Gasteiger partial charge in [-0.05, 0) is 37.2 Å². The third kappa shape index (κ3) is 3.59. The summed E-state index contributed by atoms with van der Waals surface area (Å²) in [6, 6.07) is 1.51. The van der Waals surface area contributed by atoms with E-state index in [0.717, 1.165) is 30.6 Å². The van der Waals surface area contributed by atoms with Gasteiger partial charge in [-0.15, -0.1) is 11.3 Å². The number of primary sulfonamides is 1. The Kier molecular flexibility index (Phi) is 4.51. The topological polar surface area (TPSA) is 89.3 Å². The van der Waals surface area contributed by atoms with Gasteiger partial charge in [-0.25, -0.2) is 13.6 Å². The van der Waals surface area contributed by atoms with Gasteiger partial charge in [-0.2, -0.15) is 0 Å². The van der Waals surface area contributed by atoms with E-state index < -0.39 is 10.0 Å². The minimum absolute atomic E-state index is 0.0216. The van der Waals surface area contributed by atoms with Crippen molar-refractivity contribution in [2.75, 3.05) is 0 Å². The molecule has 1 aliphatic rings. The quantitative estimate of drug-likeness (QED) is 0.893. The number of nitrogens with one attached hydrogen (secondary N) is 1. The van der Waals surface area contributed by atoms with E-state index in [2.05, 4.69) is 19.2 Å². The molecule has 112 valence electrons. The summed E-state index contributed by atoms with van der Waals surface area (Å²) < 4.78 is 22.4.